The van der Waals surface area contributed by atoms with E-state index in [0.29, 0.717) is 27.7 Å². The van der Waals surface area contributed by atoms with E-state index in [1.54, 1.807) is 42.5 Å². The summed E-state index contributed by atoms with van der Waals surface area (Å²) in [5.41, 5.74) is 2.44. The Kier molecular flexibility index (Phi) is 6.28. The molecule has 2 amide bonds. The SMILES string of the molecule is COc1cc(-n2cccc2)c(Cl)cc1C(=O)NCc1cccc(NC(=O)c2ccco2)c1. The molecule has 0 atom stereocenters. The molecule has 8 heteroatoms. The highest BCUT2D eigenvalue weighted by atomic mass is 35.5. The first-order chi connectivity index (χ1) is 15.5. The molecular weight excluding hydrogens is 430 g/mol. The van der Waals surface area contributed by atoms with Crippen LogP contribution in [0.1, 0.15) is 26.5 Å². The van der Waals surface area contributed by atoms with E-state index in [0.717, 1.165) is 5.56 Å². The maximum Gasteiger partial charge on any atom is 0.291 e. The number of nitrogens with one attached hydrogen (secondary N) is 2. The van der Waals surface area contributed by atoms with Crippen LogP contribution in [0.2, 0.25) is 5.02 Å². The Balaban J connectivity index is 1.46. The molecular formula is C24H20ClN3O4. The van der Waals surface area contributed by atoms with E-state index in [1.165, 1.54) is 13.4 Å². The van der Waals surface area contributed by atoms with Crippen LogP contribution in [0, 0.1) is 0 Å². The molecule has 0 aliphatic rings. The number of amides is 2. The second-order valence-electron chi connectivity index (χ2n) is 6.91. The Bertz CT molecular complexity index is 1230. The largest absolute Gasteiger partial charge is 0.496 e. The van der Waals surface area contributed by atoms with Gasteiger partial charge < -0.3 is 24.4 Å². The molecule has 2 heterocycles. The van der Waals surface area contributed by atoms with Gasteiger partial charge in [0.25, 0.3) is 11.8 Å². The number of benzene rings is 2. The highest BCUT2D eigenvalue weighted by molar-refractivity contribution is 6.33. The number of ether oxygens (including phenoxy) is 1. The molecule has 4 aromatic rings. The molecule has 0 radical (unpaired) electrons. The van der Waals surface area contributed by atoms with Crippen molar-refractivity contribution < 1.29 is 18.7 Å². The molecule has 0 aliphatic carbocycles. The van der Waals surface area contributed by atoms with E-state index < -0.39 is 0 Å². The Labute approximate surface area is 189 Å². The molecule has 2 aromatic carbocycles. The van der Waals surface area contributed by atoms with Gasteiger partial charge in [-0.25, -0.2) is 0 Å². The van der Waals surface area contributed by atoms with Gasteiger partial charge >= 0.3 is 0 Å². The van der Waals surface area contributed by atoms with Crippen molar-refractivity contribution in [1.29, 1.82) is 0 Å². The summed E-state index contributed by atoms with van der Waals surface area (Å²) in [7, 11) is 1.50. The van der Waals surface area contributed by atoms with Crippen molar-refractivity contribution in [3.05, 3.63) is 101 Å². The van der Waals surface area contributed by atoms with Crippen molar-refractivity contribution in [2.45, 2.75) is 6.54 Å². The molecule has 0 aliphatic heterocycles. The normalized spacial score (nSPS) is 10.6. The van der Waals surface area contributed by atoms with E-state index in [-0.39, 0.29) is 24.1 Å². The zero-order chi connectivity index (χ0) is 22.5. The molecule has 0 saturated carbocycles. The molecule has 32 heavy (non-hydrogen) atoms. The maximum absolute atomic E-state index is 12.8. The Morgan fingerprint density at radius 1 is 1.03 bits per heavy atom. The second-order valence-corrected chi connectivity index (χ2v) is 7.32. The lowest BCUT2D eigenvalue weighted by Gasteiger charge is -2.14. The molecule has 2 aromatic heterocycles. The van der Waals surface area contributed by atoms with E-state index in [2.05, 4.69) is 10.6 Å². The fraction of sp³-hybridized carbons (Fsp3) is 0.0833. The molecule has 4 rings (SSSR count). The third-order valence-electron chi connectivity index (χ3n) is 4.78. The van der Waals surface area contributed by atoms with Gasteiger partial charge in [-0.15, -0.1) is 0 Å². The second kappa shape index (κ2) is 9.45. The van der Waals surface area contributed by atoms with Gasteiger partial charge in [0.15, 0.2) is 5.76 Å². The highest BCUT2D eigenvalue weighted by Gasteiger charge is 2.17. The monoisotopic (exact) mass is 449 g/mol. The van der Waals surface area contributed by atoms with Crippen LogP contribution in [0.15, 0.2) is 83.7 Å². The summed E-state index contributed by atoms with van der Waals surface area (Å²) >= 11 is 6.42. The van der Waals surface area contributed by atoms with Crippen molar-refractivity contribution in [1.82, 2.24) is 9.88 Å². The van der Waals surface area contributed by atoms with Gasteiger partial charge in [0.05, 0.1) is 29.6 Å². The Hall–Kier alpha value is -3.97. The minimum absolute atomic E-state index is 0.219. The average Bonchev–Trinajstić information content (AvgIpc) is 3.52. The standard InChI is InChI=1S/C24H20ClN3O4/c1-31-22-14-20(28-9-2-3-10-28)19(25)13-18(22)23(29)26-15-16-6-4-7-17(12-16)27-24(30)21-8-5-11-32-21/h2-14H,15H2,1H3,(H,26,29)(H,27,30). The molecule has 7 nitrogen and oxygen atoms in total. The number of halogens is 1. The summed E-state index contributed by atoms with van der Waals surface area (Å²) in [6.45, 7) is 0.253. The number of carbonyl (C=O) groups is 2. The van der Waals surface area contributed by atoms with Crippen LogP contribution in [0.4, 0.5) is 5.69 Å². The Morgan fingerprint density at radius 2 is 1.84 bits per heavy atom. The van der Waals surface area contributed by atoms with Crippen LogP contribution >= 0.6 is 11.6 Å². The third-order valence-corrected chi connectivity index (χ3v) is 5.08. The lowest BCUT2D eigenvalue weighted by molar-refractivity contribution is 0.0946. The summed E-state index contributed by atoms with van der Waals surface area (Å²) < 4.78 is 12.4. The fourth-order valence-electron chi connectivity index (χ4n) is 3.22. The van der Waals surface area contributed by atoms with Gasteiger partial charge in [-0.05, 0) is 48.0 Å². The number of anilines is 1. The summed E-state index contributed by atoms with van der Waals surface area (Å²) in [5, 5.41) is 6.05. The molecule has 0 spiro atoms. The Morgan fingerprint density at radius 3 is 2.56 bits per heavy atom. The summed E-state index contributed by atoms with van der Waals surface area (Å²) in [6.07, 6.45) is 5.16. The predicted octanol–water partition coefficient (Wildman–Crippen LogP) is 4.91. The number of hydrogen-bond donors (Lipinski definition) is 2. The van der Waals surface area contributed by atoms with E-state index in [1.807, 2.05) is 35.2 Å². The fourth-order valence-corrected chi connectivity index (χ4v) is 3.48. The number of aromatic nitrogens is 1. The van der Waals surface area contributed by atoms with Crippen molar-refractivity contribution in [3.8, 4) is 11.4 Å². The van der Waals surface area contributed by atoms with E-state index >= 15 is 0 Å². The zero-order valence-corrected chi connectivity index (χ0v) is 17.9. The zero-order valence-electron chi connectivity index (χ0n) is 17.2. The molecule has 2 N–H and O–H groups in total. The molecule has 0 fully saturated rings. The van der Waals surface area contributed by atoms with Crippen LogP contribution in [0.25, 0.3) is 5.69 Å². The van der Waals surface area contributed by atoms with Crippen molar-refractivity contribution in [2.75, 3.05) is 12.4 Å². The average molecular weight is 450 g/mol. The van der Waals surface area contributed by atoms with Gasteiger partial charge in [-0.3, -0.25) is 9.59 Å². The first kappa shape index (κ1) is 21.3. The molecule has 0 unspecified atom stereocenters. The van der Waals surface area contributed by atoms with Gasteiger partial charge in [-0.2, -0.15) is 0 Å². The first-order valence-electron chi connectivity index (χ1n) is 9.78. The summed E-state index contributed by atoms with van der Waals surface area (Å²) in [6, 6.07) is 17.5. The van der Waals surface area contributed by atoms with E-state index in [9.17, 15) is 9.59 Å². The maximum atomic E-state index is 12.8. The minimum atomic E-state index is -0.349. The molecule has 0 saturated heterocycles. The quantitative estimate of drug-likeness (QED) is 0.419. The smallest absolute Gasteiger partial charge is 0.291 e. The van der Waals surface area contributed by atoms with Crippen LogP contribution in [0.3, 0.4) is 0 Å². The van der Waals surface area contributed by atoms with Crippen LogP contribution in [-0.2, 0) is 6.54 Å². The predicted molar refractivity (Wildman–Crippen MR) is 122 cm³/mol. The number of methoxy groups -OCH3 is 1. The van der Waals surface area contributed by atoms with Crippen molar-refractivity contribution in [2.24, 2.45) is 0 Å². The van der Waals surface area contributed by atoms with Gasteiger partial charge in [0.2, 0.25) is 0 Å². The number of nitrogens with zero attached hydrogens (tertiary/aromatic N) is 1. The van der Waals surface area contributed by atoms with Crippen LogP contribution in [0.5, 0.6) is 5.75 Å². The van der Waals surface area contributed by atoms with E-state index in [4.69, 9.17) is 20.8 Å². The van der Waals surface area contributed by atoms with Crippen molar-refractivity contribution in [3.63, 3.8) is 0 Å². The van der Waals surface area contributed by atoms with Gasteiger partial charge in [0.1, 0.15) is 5.75 Å². The van der Waals surface area contributed by atoms with Crippen molar-refractivity contribution >= 4 is 29.1 Å². The number of rotatable bonds is 7. The lowest BCUT2D eigenvalue weighted by atomic mass is 10.1. The number of hydrogen-bond acceptors (Lipinski definition) is 4. The summed E-state index contributed by atoms with van der Waals surface area (Å²) in [4.78, 5) is 25.0. The third kappa shape index (κ3) is 4.68. The van der Waals surface area contributed by atoms with Crippen LogP contribution in [-0.4, -0.2) is 23.5 Å². The summed E-state index contributed by atoms with van der Waals surface area (Å²) in [5.74, 6) is -0.0442. The van der Waals surface area contributed by atoms with Gasteiger partial charge in [0, 0.05) is 30.7 Å². The highest BCUT2D eigenvalue weighted by Crippen LogP contribution is 2.30. The first-order valence-corrected chi connectivity index (χ1v) is 10.2. The molecule has 0 bridgehead atoms. The topological polar surface area (TPSA) is 85.5 Å². The minimum Gasteiger partial charge on any atom is -0.496 e. The number of carbonyl (C=O) groups excluding carboxylic acids is 2. The number of furan rings is 1. The van der Waals surface area contributed by atoms with Gasteiger partial charge in [-0.1, -0.05) is 23.7 Å². The lowest BCUT2D eigenvalue weighted by Crippen LogP contribution is -2.23. The van der Waals surface area contributed by atoms with Crippen LogP contribution < -0.4 is 15.4 Å². The molecule has 162 valence electrons.